The molecule has 0 aliphatic rings. The van der Waals surface area contributed by atoms with Gasteiger partial charge in [-0.2, -0.15) is 0 Å². The van der Waals surface area contributed by atoms with E-state index in [0.717, 1.165) is 5.56 Å². The van der Waals surface area contributed by atoms with Crippen molar-refractivity contribution in [3.05, 3.63) is 42.7 Å². The van der Waals surface area contributed by atoms with Gasteiger partial charge in [-0.15, -0.1) is 6.58 Å². The number of hydrogen-bond donors (Lipinski definition) is 1. The van der Waals surface area contributed by atoms with Crippen molar-refractivity contribution in [3.8, 4) is 0 Å². The summed E-state index contributed by atoms with van der Waals surface area (Å²) in [5, 5.41) is 0. The Morgan fingerprint density at radius 2 is 2.18 bits per heavy atom. The van der Waals surface area contributed by atoms with Crippen LogP contribution in [0.25, 0.3) is 0 Å². The number of hydrogen-bond acceptors (Lipinski definition) is 3. The highest BCUT2D eigenvalue weighted by Gasteiger charge is 2.21. The van der Waals surface area contributed by atoms with Gasteiger partial charge in [0.05, 0.1) is 12.1 Å². The predicted octanol–water partition coefficient (Wildman–Crippen LogP) is 1.50. The first-order valence-corrected chi connectivity index (χ1v) is 5.61. The monoisotopic (exact) mass is 233 g/mol. The Morgan fingerprint density at radius 1 is 1.59 bits per heavy atom. The lowest BCUT2D eigenvalue weighted by molar-refractivity contribution is -0.133. The molecule has 0 aliphatic carbocycles. The topological polar surface area (TPSA) is 59.2 Å². The largest absolute Gasteiger partial charge is 0.338 e. The minimum absolute atomic E-state index is 0.0126. The van der Waals surface area contributed by atoms with Crippen LogP contribution in [0, 0.1) is 0 Å². The highest BCUT2D eigenvalue weighted by molar-refractivity contribution is 5.82. The summed E-state index contributed by atoms with van der Waals surface area (Å²) in [5.41, 5.74) is 6.81. The third-order valence-electron chi connectivity index (χ3n) is 2.85. The fraction of sp³-hybridized carbons (Fsp3) is 0.385. The molecule has 1 heterocycles. The number of pyridine rings is 1. The molecule has 2 atom stereocenters. The van der Waals surface area contributed by atoms with Crippen molar-refractivity contribution in [1.82, 2.24) is 9.88 Å². The van der Waals surface area contributed by atoms with Crippen LogP contribution in [0.2, 0.25) is 0 Å². The molecule has 2 unspecified atom stereocenters. The van der Waals surface area contributed by atoms with Crippen LogP contribution in [0.4, 0.5) is 0 Å². The molecular weight excluding hydrogens is 214 g/mol. The molecule has 0 radical (unpaired) electrons. The molecule has 1 rings (SSSR count). The highest BCUT2D eigenvalue weighted by atomic mass is 16.2. The third-order valence-corrected chi connectivity index (χ3v) is 2.85. The van der Waals surface area contributed by atoms with Crippen molar-refractivity contribution in [2.45, 2.75) is 25.4 Å². The van der Waals surface area contributed by atoms with Gasteiger partial charge in [0.25, 0.3) is 0 Å². The van der Waals surface area contributed by atoms with Crippen LogP contribution in [0.1, 0.15) is 24.9 Å². The number of amides is 1. The van der Waals surface area contributed by atoms with Gasteiger partial charge < -0.3 is 10.6 Å². The van der Waals surface area contributed by atoms with Gasteiger partial charge in [-0.3, -0.25) is 9.78 Å². The molecule has 92 valence electrons. The van der Waals surface area contributed by atoms with E-state index < -0.39 is 6.04 Å². The average Bonchev–Trinajstić information content (AvgIpc) is 2.37. The van der Waals surface area contributed by atoms with E-state index in [1.165, 1.54) is 0 Å². The van der Waals surface area contributed by atoms with Gasteiger partial charge in [0.15, 0.2) is 0 Å². The second-order valence-electron chi connectivity index (χ2n) is 4.04. The van der Waals surface area contributed by atoms with Crippen LogP contribution >= 0.6 is 0 Å². The van der Waals surface area contributed by atoms with Crippen LogP contribution < -0.4 is 5.73 Å². The Labute approximate surface area is 102 Å². The van der Waals surface area contributed by atoms with Crippen molar-refractivity contribution in [2.24, 2.45) is 5.73 Å². The number of carbonyl (C=O) groups is 1. The number of nitrogens with zero attached hydrogens (tertiary/aromatic N) is 2. The van der Waals surface area contributed by atoms with Crippen molar-refractivity contribution in [2.75, 3.05) is 7.05 Å². The van der Waals surface area contributed by atoms with Crippen molar-refractivity contribution in [1.29, 1.82) is 0 Å². The Kier molecular flexibility index (Phi) is 4.84. The van der Waals surface area contributed by atoms with E-state index in [9.17, 15) is 4.79 Å². The number of carbonyl (C=O) groups excluding carboxylic acids is 1. The lowest BCUT2D eigenvalue weighted by Gasteiger charge is -2.27. The van der Waals surface area contributed by atoms with E-state index in [-0.39, 0.29) is 11.9 Å². The Morgan fingerprint density at radius 3 is 2.71 bits per heavy atom. The zero-order chi connectivity index (χ0) is 12.8. The van der Waals surface area contributed by atoms with Crippen molar-refractivity contribution >= 4 is 5.91 Å². The summed E-state index contributed by atoms with van der Waals surface area (Å²) in [6.07, 6.45) is 5.58. The molecule has 0 fully saturated rings. The Hall–Kier alpha value is -1.68. The molecule has 0 bridgehead atoms. The lowest BCUT2D eigenvalue weighted by atomic mass is 10.1. The molecule has 0 saturated heterocycles. The normalized spacial score (nSPS) is 13.8. The summed E-state index contributed by atoms with van der Waals surface area (Å²) >= 11 is 0. The van der Waals surface area contributed by atoms with E-state index in [1.54, 1.807) is 30.4 Å². The first-order chi connectivity index (χ1) is 8.07. The maximum Gasteiger partial charge on any atom is 0.240 e. The fourth-order valence-corrected chi connectivity index (χ4v) is 1.60. The molecule has 0 aliphatic heterocycles. The molecule has 4 nitrogen and oxygen atoms in total. The summed E-state index contributed by atoms with van der Waals surface area (Å²) in [5.74, 6) is -0.0748. The van der Waals surface area contributed by atoms with Crippen molar-refractivity contribution in [3.63, 3.8) is 0 Å². The number of aromatic nitrogens is 1. The zero-order valence-corrected chi connectivity index (χ0v) is 10.3. The summed E-state index contributed by atoms with van der Waals surface area (Å²) < 4.78 is 0. The van der Waals surface area contributed by atoms with Crippen LogP contribution in [-0.2, 0) is 4.79 Å². The second kappa shape index (κ2) is 6.15. The van der Waals surface area contributed by atoms with Crippen LogP contribution in [0.5, 0.6) is 0 Å². The SMILES string of the molecule is C=CCC(N)C(=O)N(C)C(C)c1ccncc1. The molecule has 0 spiro atoms. The number of rotatable bonds is 5. The molecule has 4 heteroatoms. The van der Waals surface area contributed by atoms with E-state index in [0.29, 0.717) is 6.42 Å². The summed E-state index contributed by atoms with van der Waals surface area (Å²) in [6.45, 7) is 5.55. The predicted molar refractivity (Wildman–Crippen MR) is 68.2 cm³/mol. The van der Waals surface area contributed by atoms with Gasteiger partial charge in [0, 0.05) is 19.4 Å². The molecular formula is C13H19N3O. The van der Waals surface area contributed by atoms with Crippen LogP contribution in [0.3, 0.4) is 0 Å². The first-order valence-electron chi connectivity index (χ1n) is 5.61. The maximum atomic E-state index is 12.0. The minimum atomic E-state index is -0.512. The van der Waals surface area contributed by atoms with Gasteiger partial charge in [0.2, 0.25) is 5.91 Å². The minimum Gasteiger partial charge on any atom is -0.338 e. The first kappa shape index (κ1) is 13.4. The maximum absolute atomic E-state index is 12.0. The number of likely N-dealkylation sites (N-methyl/N-ethyl adjacent to an activating group) is 1. The fourth-order valence-electron chi connectivity index (χ4n) is 1.60. The van der Waals surface area contributed by atoms with Gasteiger partial charge in [-0.05, 0) is 31.0 Å². The quantitative estimate of drug-likeness (QED) is 0.784. The van der Waals surface area contributed by atoms with Gasteiger partial charge in [-0.1, -0.05) is 6.08 Å². The van der Waals surface area contributed by atoms with E-state index >= 15 is 0 Å². The summed E-state index contributed by atoms with van der Waals surface area (Å²) in [7, 11) is 1.76. The van der Waals surface area contributed by atoms with E-state index in [4.69, 9.17) is 5.73 Å². The molecule has 17 heavy (non-hydrogen) atoms. The molecule has 2 N–H and O–H groups in total. The summed E-state index contributed by atoms with van der Waals surface area (Å²) in [4.78, 5) is 17.6. The van der Waals surface area contributed by atoms with E-state index in [1.807, 2.05) is 19.1 Å². The van der Waals surface area contributed by atoms with Crippen LogP contribution in [-0.4, -0.2) is 28.9 Å². The van der Waals surface area contributed by atoms with Crippen molar-refractivity contribution < 1.29 is 4.79 Å². The molecule has 1 amide bonds. The molecule has 1 aromatic heterocycles. The number of nitrogens with two attached hydrogens (primary N) is 1. The van der Waals surface area contributed by atoms with Gasteiger partial charge in [-0.25, -0.2) is 0 Å². The van der Waals surface area contributed by atoms with Gasteiger partial charge >= 0.3 is 0 Å². The average molecular weight is 233 g/mol. The van der Waals surface area contributed by atoms with E-state index in [2.05, 4.69) is 11.6 Å². The summed E-state index contributed by atoms with van der Waals surface area (Å²) in [6, 6.07) is 3.27. The third kappa shape index (κ3) is 3.39. The standard InChI is InChI=1S/C13H19N3O/c1-4-5-12(14)13(17)16(3)10(2)11-6-8-15-9-7-11/h4,6-10,12H,1,5,14H2,2-3H3. The molecule has 1 aromatic rings. The Bertz CT molecular complexity index is 378. The molecule has 0 saturated carbocycles. The van der Waals surface area contributed by atoms with Gasteiger partial charge in [0.1, 0.15) is 0 Å². The smallest absolute Gasteiger partial charge is 0.240 e. The zero-order valence-electron chi connectivity index (χ0n) is 10.3. The highest BCUT2D eigenvalue weighted by Crippen LogP contribution is 2.18. The second-order valence-corrected chi connectivity index (χ2v) is 4.04. The Balaban J connectivity index is 2.73. The lowest BCUT2D eigenvalue weighted by Crippen LogP contribution is -2.42. The van der Waals surface area contributed by atoms with Crippen LogP contribution in [0.15, 0.2) is 37.2 Å². The molecule has 0 aromatic carbocycles.